The van der Waals surface area contributed by atoms with E-state index in [1.165, 1.54) is 18.2 Å². The molecule has 0 spiro atoms. The summed E-state index contributed by atoms with van der Waals surface area (Å²) in [6, 6.07) is 5.75. The van der Waals surface area contributed by atoms with E-state index in [1.807, 2.05) is 0 Å². The average Bonchev–Trinajstić information content (AvgIpc) is 3.20. The number of phenolic OH excluding ortho intramolecular Hbond substituents is 1. The fraction of sp³-hybridized carbons (Fsp3) is 0.381. The van der Waals surface area contributed by atoms with Crippen molar-refractivity contribution < 1.29 is 32.2 Å². The molecular weight excluding hydrogens is 404 g/mol. The second kappa shape index (κ2) is 7.70. The Bertz CT molecular complexity index is 971. The first-order valence-corrected chi connectivity index (χ1v) is 9.67. The van der Waals surface area contributed by atoms with Gasteiger partial charge in [0.05, 0.1) is 17.8 Å². The average molecular weight is 424 g/mol. The van der Waals surface area contributed by atoms with Gasteiger partial charge in [-0.25, -0.2) is 4.39 Å². The van der Waals surface area contributed by atoms with Gasteiger partial charge in [0.15, 0.2) is 6.10 Å². The molecule has 2 aromatic carbocycles. The Hall–Kier alpha value is -2.97. The topological polar surface area (TPSA) is 70.6 Å². The van der Waals surface area contributed by atoms with Gasteiger partial charge in [-0.05, 0) is 37.0 Å². The Morgan fingerprint density at radius 3 is 2.60 bits per heavy atom. The first-order valence-electron chi connectivity index (χ1n) is 9.67. The van der Waals surface area contributed by atoms with Gasteiger partial charge in [0.2, 0.25) is 0 Å². The highest BCUT2D eigenvalue weighted by Gasteiger charge is 2.38. The second-order valence-electron chi connectivity index (χ2n) is 7.55. The molecule has 0 unspecified atom stereocenters. The maximum absolute atomic E-state index is 13.7. The van der Waals surface area contributed by atoms with Crippen LogP contribution in [0.25, 0.3) is 0 Å². The summed E-state index contributed by atoms with van der Waals surface area (Å²) in [5.74, 6) is -1.72. The lowest BCUT2D eigenvalue weighted by molar-refractivity contribution is -0.138. The highest BCUT2D eigenvalue weighted by molar-refractivity contribution is 5.95. The number of amides is 1. The van der Waals surface area contributed by atoms with Crippen LogP contribution >= 0.6 is 0 Å². The Morgan fingerprint density at radius 2 is 1.90 bits per heavy atom. The van der Waals surface area contributed by atoms with Crippen LogP contribution < -0.4 is 15.4 Å². The van der Waals surface area contributed by atoms with E-state index in [4.69, 9.17) is 4.74 Å². The van der Waals surface area contributed by atoms with Crippen LogP contribution in [0.5, 0.6) is 11.5 Å². The van der Waals surface area contributed by atoms with E-state index < -0.39 is 35.3 Å². The third-order valence-corrected chi connectivity index (χ3v) is 5.48. The van der Waals surface area contributed by atoms with Crippen molar-refractivity contribution >= 4 is 17.3 Å². The van der Waals surface area contributed by atoms with Crippen molar-refractivity contribution in [3.05, 3.63) is 47.3 Å². The van der Waals surface area contributed by atoms with Crippen LogP contribution in [-0.4, -0.2) is 23.7 Å². The van der Waals surface area contributed by atoms with E-state index in [0.29, 0.717) is 18.5 Å². The van der Waals surface area contributed by atoms with Gasteiger partial charge in [0.1, 0.15) is 17.3 Å². The number of ether oxygens (including phenoxy) is 1. The molecule has 1 aliphatic carbocycles. The molecule has 30 heavy (non-hydrogen) atoms. The standard InChI is InChI=1S/C21H20F4N2O3/c22-12-5-6-17-15(7-12)26-10-18(30-17)20(29)27-13-8-14(21(23,24)25)19(16(28)9-13)11-3-1-2-4-11/h5-9,11,18,26,28H,1-4,10H2,(H,27,29)/t18-/m0/s1. The summed E-state index contributed by atoms with van der Waals surface area (Å²) in [4.78, 5) is 12.5. The SMILES string of the molecule is O=C(Nc1cc(O)c(C2CCCC2)c(C(F)(F)F)c1)[C@@H]1CNc2cc(F)ccc2O1. The minimum Gasteiger partial charge on any atom is -0.508 e. The quantitative estimate of drug-likeness (QED) is 0.606. The van der Waals surface area contributed by atoms with Gasteiger partial charge < -0.3 is 20.5 Å². The zero-order chi connectivity index (χ0) is 21.5. The molecule has 1 fully saturated rings. The number of phenols is 1. The molecule has 9 heteroatoms. The third kappa shape index (κ3) is 4.01. The molecule has 0 saturated heterocycles. The molecule has 0 aromatic heterocycles. The van der Waals surface area contributed by atoms with Crippen LogP contribution in [-0.2, 0) is 11.0 Å². The maximum atomic E-state index is 13.7. The summed E-state index contributed by atoms with van der Waals surface area (Å²) in [5, 5.41) is 15.6. The summed E-state index contributed by atoms with van der Waals surface area (Å²) in [6.07, 6.45) is -2.89. The maximum Gasteiger partial charge on any atom is 0.416 e. The lowest BCUT2D eigenvalue weighted by Crippen LogP contribution is -2.41. The fourth-order valence-electron chi connectivity index (χ4n) is 4.10. The van der Waals surface area contributed by atoms with E-state index in [1.54, 1.807) is 0 Å². The van der Waals surface area contributed by atoms with Gasteiger partial charge in [-0.3, -0.25) is 4.79 Å². The number of halogens is 4. The monoisotopic (exact) mass is 424 g/mol. The van der Waals surface area contributed by atoms with Crippen molar-refractivity contribution in [2.75, 3.05) is 17.2 Å². The van der Waals surface area contributed by atoms with Crippen molar-refractivity contribution in [2.45, 2.75) is 43.9 Å². The summed E-state index contributed by atoms with van der Waals surface area (Å²) in [6.45, 7) is 0.0144. The smallest absolute Gasteiger partial charge is 0.416 e. The van der Waals surface area contributed by atoms with Gasteiger partial charge >= 0.3 is 6.18 Å². The van der Waals surface area contributed by atoms with Gasteiger partial charge in [-0.1, -0.05) is 12.8 Å². The van der Waals surface area contributed by atoms with Crippen LogP contribution in [0.4, 0.5) is 28.9 Å². The fourth-order valence-corrected chi connectivity index (χ4v) is 4.10. The second-order valence-corrected chi connectivity index (χ2v) is 7.55. The number of carbonyl (C=O) groups excluding carboxylic acids is 1. The number of nitrogens with one attached hydrogen (secondary N) is 2. The van der Waals surface area contributed by atoms with Crippen LogP contribution in [0.1, 0.15) is 42.7 Å². The van der Waals surface area contributed by atoms with E-state index in [0.717, 1.165) is 25.0 Å². The van der Waals surface area contributed by atoms with Gasteiger partial charge in [0, 0.05) is 23.4 Å². The van der Waals surface area contributed by atoms with E-state index in [-0.39, 0.29) is 29.5 Å². The molecule has 2 aromatic rings. The lowest BCUT2D eigenvalue weighted by Gasteiger charge is -2.27. The number of hydrogen-bond donors (Lipinski definition) is 3. The molecule has 3 N–H and O–H groups in total. The predicted molar refractivity (Wildman–Crippen MR) is 102 cm³/mol. The number of fused-ring (bicyclic) bond motifs is 1. The highest BCUT2D eigenvalue weighted by Crippen LogP contribution is 2.46. The van der Waals surface area contributed by atoms with Gasteiger partial charge in [-0.15, -0.1) is 0 Å². The molecular formula is C21H20F4N2O3. The number of rotatable bonds is 3. The summed E-state index contributed by atoms with van der Waals surface area (Å²) in [7, 11) is 0. The van der Waals surface area contributed by atoms with Gasteiger partial charge in [0.25, 0.3) is 5.91 Å². The van der Waals surface area contributed by atoms with E-state index in [9.17, 15) is 27.5 Å². The first-order chi connectivity index (χ1) is 14.2. The number of aromatic hydroxyl groups is 1. The molecule has 5 nitrogen and oxygen atoms in total. The lowest BCUT2D eigenvalue weighted by atomic mass is 9.91. The van der Waals surface area contributed by atoms with Crippen LogP contribution in [0.3, 0.4) is 0 Å². The van der Waals surface area contributed by atoms with Crippen LogP contribution in [0, 0.1) is 5.82 Å². The number of hydrogen-bond acceptors (Lipinski definition) is 4. The zero-order valence-electron chi connectivity index (χ0n) is 15.9. The number of carbonyl (C=O) groups is 1. The molecule has 0 bridgehead atoms. The van der Waals surface area contributed by atoms with E-state index >= 15 is 0 Å². The number of benzene rings is 2. The predicted octanol–water partition coefficient (Wildman–Crippen LogP) is 5.02. The summed E-state index contributed by atoms with van der Waals surface area (Å²) >= 11 is 0. The normalized spacial score (nSPS) is 19.0. The van der Waals surface area contributed by atoms with Crippen molar-refractivity contribution in [3.8, 4) is 11.5 Å². The molecule has 2 aliphatic rings. The molecule has 4 rings (SSSR count). The third-order valence-electron chi connectivity index (χ3n) is 5.48. The summed E-state index contributed by atoms with van der Waals surface area (Å²) < 4.78 is 59.8. The van der Waals surface area contributed by atoms with Crippen molar-refractivity contribution in [1.29, 1.82) is 0 Å². The van der Waals surface area contributed by atoms with Gasteiger partial charge in [-0.2, -0.15) is 13.2 Å². The first kappa shape index (κ1) is 20.3. The molecule has 1 atom stereocenters. The molecule has 160 valence electrons. The Balaban J connectivity index is 1.56. The Labute approximate surface area is 170 Å². The van der Waals surface area contributed by atoms with Crippen LogP contribution in [0.2, 0.25) is 0 Å². The number of anilines is 2. The molecule has 1 amide bonds. The molecule has 1 heterocycles. The highest BCUT2D eigenvalue weighted by atomic mass is 19.4. The van der Waals surface area contributed by atoms with Crippen LogP contribution in [0.15, 0.2) is 30.3 Å². The zero-order valence-corrected chi connectivity index (χ0v) is 15.9. The van der Waals surface area contributed by atoms with Crippen molar-refractivity contribution in [2.24, 2.45) is 0 Å². The summed E-state index contributed by atoms with van der Waals surface area (Å²) in [5.41, 5.74) is -0.824. The number of alkyl halides is 3. The Kier molecular flexibility index (Phi) is 5.21. The van der Waals surface area contributed by atoms with Crippen molar-refractivity contribution in [1.82, 2.24) is 0 Å². The molecule has 1 saturated carbocycles. The largest absolute Gasteiger partial charge is 0.508 e. The van der Waals surface area contributed by atoms with E-state index in [2.05, 4.69) is 10.6 Å². The minimum absolute atomic E-state index is 0.0144. The van der Waals surface area contributed by atoms with Crippen molar-refractivity contribution in [3.63, 3.8) is 0 Å². The molecule has 1 aliphatic heterocycles. The Morgan fingerprint density at radius 1 is 1.17 bits per heavy atom. The minimum atomic E-state index is -4.66. The molecule has 0 radical (unpaired) electrons.